The number of aryl methyl sites for hydroxylation is 1. The normalized spacial score (nSPS) is 16.4. The van der Waals surface area contributed by atoms with Crippen LogP contribution < -0.4 is 10.2 Å². The minimum Gasteiger partial charge on any atom is -0.339 e. The predicted molar refractivity (Wildman–Crippen MR) is 80.8 cm³/mol. The molecule has 1 fully saturated rings. The highest BCUT2D eigenvalue weighted by molar-refractivity contribution is 5.57. The zero-order chi connectivity index (χ0) is 14.8. The van der Waals surface area contributed by atoms with Crippen LogP contribution in [0.2, 0.25) is 0 Å². The number of piperidine rings is 1. The van der Waals surface area contributed by atoms with Crippen molar-refractivity contribution >= 4 is 5.95 Å². The summed E-state index contributed by atoms with van der Waals surface area (Å²) in [5, 5.41) is 10.5. The molecule has 1 aromatic heterocycles. The Morgan fingerprint density at radius 2 is 2.10 bits per heavy atom. The molecule has 1 aliphatic rings. The molecule has 0 bridgehead atoms. The van der Waals surface area contributed by atoms with Gasteiger partial charge in [-0.15, -0.1) is 5.10 Å². The van der Waals surface area contributed by atoms with Crippen LogP contribution in [-0.4, -0.2) is 41.4 Å². The first-order valence-electron chi connectivity index (χ1n) is 7.28. The maximum Gasteiger partial charge on any atom is 0.245 e. The van der Waals surface area contributed by atoms with Crippen LogP contribution in [0.15, 0.2) is 18.2 Å². The lowest BCUT2D eigenvalue weighted by Gasteiger charge is -2.30. The van der Waals surface area contributed by atoms with Gasteiger partial charge in [-0.05, 0) is 38.4 Å². The molecule has 112 valence electrons. The Kier molecular flexibility index (Phi) is 3.88. The third kappa shape index (κ3) is 2.90. The fourth-order valence-electron chi connectivity index (χ4n) is 2.63. The van der Waals surface area contributed by atoms with Crippen LogP contribution in [0.5, 0.6) is 0 Å². The molecule has 3 rings (SSSR count). The molecule has 0 unspecified atom stereocenters. The lowest BCUT2D eigenvalue weighted by atomic mass is 10.1. The Balaban J connectivity index is 1.76. The Bertz CT molecular complexity index is 616. The van der Waals surface area contributed by atoms with Gasteiger partial charge in [0, 0.05) is 24.7 Å². The van der Waals surface area contributed by atoms with E-state index in [9.17, 15) is 4.39 Å². The number of hydrogen-bond acceptors (Lipinski definition) is 4. The summed E-state index contributed by atoms with van der Waals surface area (Å²) in [4.78, 5) is 6.66. The van der Waals surface area contributed by atoms with Crippen molar-refractivity contribution in [3.05, 3.63) is 29.6 Å². The SMILES string of the molecule is CNC1CCN(c2n[nH]c(-c3ccc(C)c(F)c3)n2)CC1. The van der Waals surface area contributed by atoms with Gasteiger partial charge in [-0.2, -0.15) is 4.98 Å². The lowest BCUT2D eigenvalue weighted by molar-refractivity contribution is 0.439. The largest absolute Gasteiger partial charge is 0.339 e. The molecule has 0 radical (unpaired) electrons. The second-order valence-electron chi connectivity index (χ2n) is 5.50. The van der Waals surface area contributed by atoms with Gasteiger partial charge >= 0.3 is 0 Å². The summed E-state index contributed by atoms with van der Waals surface area (Å²) in [6.45, 7) is 3.62. The first-order chi connectivity index (χ1) is 10.2. The molecule has 1 aromatic carbocycles. The van der Waals surface area contributed by atoms with E-state index in [4.69, 9.17) is 0 Å². The Hall–Kier alpha value is -1.95. The van der Waals surface area contributed by atoms with Crippen LogP contribution in [0.4, 0.5) is 10.3 Å². The Labute approximate surface area is 123 Å². The number of nitrogens with zero attached hydrogens (tertiary/aromatic N) is 3. The van der Waals surface area contributed by atoms with Crippen LogP contribution in [0.3, 0.4) is 0 Å². The summed E-state index contributed by atoms with van der Waals surface area (Å²) in [7, 11) is 2.00. The Morgan fingerprint density at radius 3 is 2.76 bits per heavy atom. The molecule has 0 atom stereocenters. The van der Waals surface area contributed by atoms with Gasteiger partial charge in [0.1, 0.15) is 5.82 Å². The number of H-pyrrole nitrogens is 1. The second kappa shape index (κ2) is 5.81. The van der Waals surface area contributed by atoms with Crippen molar-refractivity contribution in [2.75, 3.05) is 25.0 Å². The van der Waals surface area contributed by atoms with Crippen molar-refractivity contribution < 1.29 is 4.39 Å². The zero-order valence-corrected chi connectivity index (χ0v) is 12.4. The molecule has 0 spiro atoms. The topological polar surface area (TPSA) is 56.8 Å². The summed E-state index contributed by atoms with van der Waals surface area (Å²) in [5.41, 5.74) is 1.36. The van der Waals surface area contributed by atoms with Gasteiger partial charge in [0.05, 0.1) is 0 Å². The van der Waals surface area contributed by atoms with Gasteiger partial charge in [0.2, 0.25) is 5.95 Å². The highest BCUT2D eigenvalue weighted by atomic mass is 19.1. The standard InChI is InChI=1S/C15H20FN5/c1-10-3-4-11(9-13(10)16)14-18-15(20-19-14)21-7-5-12(17-2)6-8-21/h3-4,9,12,17H,5-8H2,1-2H3,(H,18,19,20). The number of aromatic nitrogens is 3. The molecular weight excluding hydrogens is 269 g/mol. The minimum atomic E-state index is -0.222. The zero-order valence-electron chi connectivity index (χ0n) is 12.4. The monoisotopic (exact) mass is 289 g/mol. The van der Waals surface area contributed by atoms with Crippen molar-refractivity contribution in [3.63, 3.8) is 0 Å². The maximum absolute atomic E-state index is 13.6. The third-order valence-electron chi connectivity index (χ3n) is 4.10. The van der Waals surface area contributed by atoms with Gasteiger partial charge in [0.25, 0.3) is 0 Å². The highest BCUT2D eigenvalue weighted by Gasteiger charge is 2.21. The van der Waals surface area contributed by atoms with E-state index in [1.165, 1.54) is 6.07 Å². The molecule has 1 aliphatic heterocycles. The molecule has 6 heteroatoms. The van der Waals surface area contributed by atoms with Gasteiger partial charge in [-0.1, -0.05) is 12.1 Å². The molecular formula is C15H20FN5. The molecule has 1 saturated heterocycles. The quantitative estimate of drug-likeness (QED) is 0.908. The van der Waals surface area contributed by atoms with E-state index in [0.717, 1.165) is 31.5 Å². The summed E-state index contributed by atoms with van der Waals surface area (Å²) >= 11 is 0. The van der Waals surface area contributed by atoms with Gasteiger partial charge in [-0.3, -0.25) is 5.10 Å². The molecule has 0 amide bonds. The van der Waals surface area contributed by atoms with E-state index in [1.54, 1.807) is 13.0 Å². The van der Waals surface area contributed by atoms with Crippen molar-refractivity contribution in [2.24, 2.45) is 0 Å². The third-order valence-corrected chi connectivity index (χ3v) is 4.10. The number of benzene rings is 1. The van der Waals surface area contributed by atoms with Gasteiger partial charge < -0.3 is 10.2 Å². The predicted octanol–water partition coefficient (Wildman–Crippen LogP) is 2.11. The van der Waals surface area contributed by atoms with Crippen molar-refractivity contribution in [1.29, 1.82) is 0 Å². The van der Waals surface area contributed by atoms with E-state index in [1.807, 2.05) is 13.1 Å². The number of aromatic amines is 1. The average Bonchev–Trinajstić information content (AvgIpc) is 3.00. The van der Waals surface area contributed by atoms with Crippen LogP contribution in [-0.2, 0) is 0 Å². The number of rotatable bonds is 3. The number of hydrogen-bond donors (Lipinski definition) is 2. The summed E-state index contributed by atoms with van der Waals surface area (Å²) in [6.07, 6.45) is 2.17. The number of nitrogens with one attached hydrogen (secondary N) is 2. The van der Waals surface area contributed by atoms with Crippen molar-refractivity contribution in [3.8, 4) is 11.4 Å². The van der Waals surface area contributed by atoms with E-state index < -0.39 is 0 Å². The fourth-order valence-corrected chi connectivity index (χ4v) is 2.63. The van der Waals surface area contributed by atoms with Gasteiger partial charge in [-0.25, -0.2) is 4.39 Å². The molecule has 2 aromatic rings. The molecule has 5 nitrogen and oxygen atoms in total. The van der Waals surface area contributed by atoms with Gasteiger partial charge in [0.15, 0.2) is 5.82 Å². The van der Waals surface area contributed by atoms with E-state index in [0.29, 0.717) is 23.4 Å². The smallest absolute Gasteiger partial charge is 0.245 e. The van der Waals surface area contributed by atoms with Crippen LogP contribution in [0, 0.1) is 12.7 Å². The first-order valence-corrected chi connectivity index (χ1v) is 7.28. The second-order valence-corrected chi connectivity index (χ2v) is 5.50. The molecule has 2 N–H and O–H groups in total. The number of halogens is 1. The van der Waals surface area contributed by atoms with E-state index >= 15 is 0 Å². The first kappa shape index (κ1) is 14.0. The van der Waals surface area contributed by atoms with Crippen molar-refractivity contribution in [2.45, 2.75) is 25.8 Å². The molecule has 0 saturated carbocycles. The molecule has 2 heterocycles. The lowest BCUT2D eigenvalue weighted by Crippen LogP contribution is -2.41. The molecule has 0 aliphatic carbocycles. The summed E-state index contributed by atoms with van der Waals surface area (Å²) in [6, 6.07) is 5.68. The maximum atomic E-state index is 13.6. The van der Waals surface area contributed by atoms with Crippen LogP contribution in [0.1, 0.15) is 18.4 Å². The summed E-state index contributed by atoms with van der Waals surface area (Å²) < 4.78 is 13.6. The van der Waals surface area contributed by atoms with E-state index in [-0.39, 0.29) is 5.82 Å². The van der Waals surface area contributed by atoms with Crippen molar-refractivity contribution in [1.82, 2.24) is 20.5 Å². The average molecular weight is 289 g/mol. The molecule has 21 heavy (non-hydrogen) atoms. The fraction of sp³-hybridized carbons (Fsp3) is 0.467. The number of anilines is 1. The Morgan fingerprint density at radius 1 is 1.33 bits per heavy atom. The minimum absolute atomic E-state index is 0.222. The highest BCUT2D eigenvalue weighted by Crippen LogP contribution is 2.22. The van der Waals surface area contributed by atoms with Crippen LogP contribution in [0.25, 0.3) is 11.4 Å². The summed E-state index contributed by atoms with van der Waals surface area (Å²) in [5.74, 6) is 1.08. The van der Waals surface area contributed by atoms with E-state index in [2.05, 4.69) is 25.4 Å². The van der Waals surface area contributed by atoms with Crippen LogP contribution >= 0.6 is 0 Å².